The van der Waals surface area contributed by atoms with Crippen molar-refractivity contribution in [2.75, 3.05) is 36.5 Å². The number of nitrogens with one attached hydrogen (secondary N) is 1. The Kier molecular flexibility index (Phi) is 3.91. The zero-order valence-electron chi connectivity index (χ0n) is 12.3. The Hall–Kier alpha value is -1.40. The monoisotopic (exact) mass is 264 g/mol. The van der Waals surface area contributed by atoms with Gasteiger partial charge in [0.25, 0.3) is 0 Å². The molecule has 1 saturated heterocycles. The summed E-state index contributed by atoms with van der Waals surface area (Å²) in [6, 6.07) is 0. The summed E-state index contributed by atoms with van der Waals surface area (Å²) in [6.45, 7) is 12.9. The minimum atomic E-state index is 0.233. The van der Waals surface area contributed by atoms with Crippen molar-refractivity contribution in [1.82, 2.24) is 14.9 Å². The lowest BCUT2D eigenvalue weighted by Gasteiger charge is -2.42. The van der Waals surface area contributed by atoms with Crippen molar-refractivity contribution in [3.8, 4) is 0 Å². The standard InChI is InChI=1S/C13H24N6/c1-10-9-15-12(17-14)16-11(10)18-5-7-19(8-6-18)13(2,3)4/h9H,5-8,14H2,1-4H3,(H,15,16,17). The third-order valence-corrected chi connectivity index (χ3v) is 3.60. The van der Waals surface area contributed by atoms with Gasteiger partial charge in [0.15, 0.2) is 0 Å². The molecule has 19 heavy (non-hydrogen) atoms. The molecule has 2 rings (SSSR count). The number of anilines is 2. The number of hydrazine groups is 1. The molecule has 0 spiro atoms. The molecule has 0 aromatic carbocycles. The van der Waals surface area contributed by atoms with E-state index < -0.39 is 0 Å². The summed E-state index contributed by atoms with van der Waals surface area (Å²) < 4.78 is 0. The van der Waals surface area contributed by atoms with Crippen molar-refractivity contribution < 1.29 is 0 Å². The quantitative estimate of drug-likeness (QED) is 0.613. The number of nitrogen functional groups attached to an aromatic ring is 1. The second kappa shape index (κ2) is 5.30. The third kappa shape index (κ3) is 3.13. The van der Waals surface area contributed by atoms with Gasteiger partial charge in [-0.1, -0.05) is 0 Å². The molecule has 1 aliphatic heterocycles. The van der Waals surface area contributed by atoms with Gasteiger partial charge in [-0.15, -0.1) is 0 Å². The lowest BCUT2D eigenvalue weighted by atomic mass is 10.0. The molecule has 1 aromatic heterocycles. The van der Waals surface area contributed by atoms with E-state index in [1.165, 1.54) is 0 Å². The SMILES string of the molecule is Cc1cnc(NN)nc1N1CCN(C(C)(C)C)CC1. The lowest BCUT2D eigenvalue weighted by molar-refractivity contribution is 0.128. The van der Waals surface area contributed by atoms with Gasteiger partial charge >= 0.3 is 0 Å². The number of hydrogen-bond donors (Lipinski definition) is 2. The van der Waals surface area contributed by atoms with Gasteiger partial charge in [-0.3, -0.25) is 10.3 Å². The number of piperazine rings is 1. The highest BCUT2D eigenvalue weighted by Crippen LogP contribution is 2.22. The van der Waals surface area contributed by atoms with E-state index in [0.717, 1.165) is 37.6 Å². The maximum Gasteiger partial charge on any atom is 0.239 e. The summed E-state index contributed by atoms with van der Waals surface area (Å²) in [5.74, 6) is 6.83. The first-order valence-electron chi connectivity index (χ1n) is 6.72. The molecule has 0 saturated carbocycles. The summed E-state index contributed by atoms with van der Waals surface area (Å²) in [6.07, 6.45) is 1.81. The van der Waals surface area contributed by atoms with Crippen LogP contribution in [0.2, 0.25) is 0 Å². The predicted molar refractivity (Wildman–Crippen MR) is 78.1 cm³/mol. The molecule has 0 unspecified atom stereocenters. The first-order valence-corrected chi connectivity index (χ1v) is 6.72. The van der Waals surface area contributed by atoms with Gasteiger partial charge in [-0.2, -0.15) is 4.98 Å². The van der Waals surface area contributed by atoms with E-state index in [4.69, 9.17) is 5.84 Å². The van der Waals surface area contributed by atoms with Crippen molar-refractivity contribution in [2.45, 2.75) is 33.2 Å². The van der Waals surface area contributed by atoms with Crippen molar-refractivity contribution in [3.63, 3.8) is 0 Å². The normalized spacial score (nSPS) is 17.6. The van der Waals surface area contributed by atoms with Gasteiger partial charge in [0.05, 0.1) is 0 Å². The zero-order chi connectivity index (χ0) is 14.0. The Morgan fingerprint density at radius 2 is 1.84 bits per heavy atom. The largest absolute Gasteiger partial charge is 0.354 e. The van der Waals surface area contributed by atoms with E-state index in [2.05, 4.69) is 46.0 Å². The molecular formula is C13H24N6. The molecule has 0 aliphatic carbocycles. The fourth-order valence-corrected chi connectivity index (χ4v) is 2.41. The highest BCUT2D eigenvalue weighted by molar-refractivity contribution is 5.49. The van der Waals surface area contributed by atoms with E-state index in [1.807, 2.05) is 13.1 Å². The van der Waals surface area contributed by atoms with Crippen molar-refractivity contribution in [1.29, 1.82) is 0 Å². The number of rotatable bonds is 2. The van der Waals surface area contributed by atoms with E-state index in [1.54, 1.807) is 0 Å². The van der Waals surface area contributed by atoms with Crippen LogP contribution in [0.5, 0.6) is 0 Å². The summed E-state index contributed by atoms with van der Waals surface area (Å²) in [4.78, 5) is 13.4. The Morgan fingerprint density at radius 3 is 2.37 bits per heavy atom. The Bertz CT molecular complexity index is 431. The smallest absolute Gasteiger partial charge is 0.239 e. The topological polar surface area (TPSA) is 70.3 Å². The molecule has 0 radical (unpaired) electrons. The van der Waals surface area contributed by atoms with E-state index in [9.17, 15) is 0 Å². The highest BCUT2D eigenvalue weighted by atomic mass is 15.3. The number of aromatic nitrogens is 2. The Labute approximate surface area is 115 Å². The van der Waals surface area contributed by atoms with E-state index in [0.29, 0.717) is 5.95 Å². The molecule has 1 aliphatic rings. The molecular weight excluding hydrogens is 240 g/mol. The van der Waals surface area contributed by atoms with Gasteiger partial charge in [-0.05, 0) is 27.7 Å². The average Bonchev–Trinajstić information content (AvgIpc) is 2.38. The fraction of sp³-hybridized carbons (Fsp3) is 0.692. The first-order chi connectivity index (χ1) is 8.91. The van der Waals surface area contributed by atoms with E-state index in [-0.39, 0.29) is 5.54 Å². The maximum atomic E-state index is 5.38. The van der Waals surface area contributed by atoms with Crippen LogP contribution in [-0.2, 0) is 0 Å². The van der Waals surface area contributed by atoms with Crippen LogP contribution in [-0.4, -0.2) is 46.6 Å². The molecule has 6 heteroatoms. The lowest BCUT2D eigenvalue weighted by Crippen LogP contribution is -2.53. The number of nitrogens with zero attached hydrogens (tertiary/aromatic N) is 4. The van der Waals surface area contributed by atoms with Crippen LogP contribution in [0, 0.1) is 6.92 Å². The van der Waals surface area contributed by atoms with Crippen LogP contribution >= 0.6 is 0 Å². The molecule has 3 N–H and O–H groups in total. The summed E-state index contributed by atoms with van der Waals surface area (Å²) in [5, 5.41) is 0. The number of nitrogens with two attached hydrogens (primary N) is 1. The maximum absolute atomic E-state index is 5.38. The van der Waals surface area contributed by atoms with Crippen LogP contribution in [0.3, 0.4) is 0 Å². The molecule has 0 amide bonds. The van der Waals surface area contributed by atoms with E-state index >= 15 is 0 Å². The second-order valence-electron chi connectivity index (χ2n) is 5.99. The zero-order valence-corrected chi connectivity index (χ0v) is 12.3. The summed E-state index contributed by atoms with van der Waals surface area (Å²) in [7, 11) is 0. The van der Waals surface area contributed by atoms with Crippen molar-refractivity contribution in [3.05, 3.63) is 11.8 Å². The number of hydrogen-bond acceptors (Lipinski definition) is 6. The predicted octanol–water partition coefficient (Wildman–Crippen LogP) is 0.991. The highest BCUT2D eigenvalue weighted by Gasteiger charge is 2.26. The van der Waals surface area contributed by atoms with Crippen LogP contribution in [0.25, 0.3) is 0 Å². The average molecular weight is 264 g/mol. The van der Waals surface area contributed by atoms with Gasteiger partial charge in [-0.25, -0.2) is 10.8 Å². The minimum Gasteiger partial charge on any atom is -0.354 e. The van der Waals surface area contributed by atoms with Gasteiger partial charge in [0.1, 0.15) is 5.82 Å². The fourth-order valence-electron chi connectivity index (χ4n) is 2.41. The third-order valence-electron chi connectivity index (χ3n) is 3.60. The van der Waals surface area contributed by atoms with Crippen LogP contribution in [0.1, 0.15) is 26.3 Å². The van der Waals surface area contributed by atoms with Crippen LogP contribution in [0.15, 0.2) is 6.20 Å². The minimum absolute atomic E-state index is 0.233. The molecule has 0 atom stereocenters. The van der Waals surface area contributed by atoms with Crippen LogP contribution in [0.4, 0.5) is 11.8 Å². The molecule has 6 nitrogen and oxygen atoms in total. The van der Waals surface area contributed by atoms with Crippen LogP contribution < -0.4 is 16.2 Å². The molecule has 0 bridgehead atoms. The summed E-state index contributed by atoms with van der Waals surface area (Å²) >= 11 is 0. The van der Waals surface area contributed by atoms with Crippen molar-refractivity contribution >= 4 is 11.8 Å². The Morgan fingerprint density at radius 1 is 1.21 bits per heavy atom. The van der Waals surface area contributed by atoms with Gasteiger partial charge in [0.2, 0.25) is 5.95 Å². The van der Waals surface area contributed by atoms with Crippen molar-refractivity contribution in [2.24, 2.45) is 5.84 Å². The number of aryl methyl sites for hydroxylation is 1. The summed E-state index contributed by atoms with van der Waals surface area (Å²) in [5.41, 5.74) is 3.83. The molecule has 106 valence electrons. The molecule has 1 fully saturated rings. The Balaban J connectivity index is 2.09. The van der Waals surface area contributed by atoms with Gasteiger partial charge in [0, 0.05) is 43.5 Å². The second-order valence-corrected chi connectivity index (χ2v) is 5.99. The van der Waals surface area contributed by atoms with Gasteiger partial charge < -0.3 is 4.90 Å². The molecule has 2 heterocycles. The first kappa shape index (κ1) is 14.0. The molecule has 1 aromatic rings.